The van der Waals surface area contributed by atoms with Crippen LogP contribution in [-0.2, 0) is 4.79 Å². The van der Waals surface area contributed by atoms with E-state index in [0.717, 1.165) is 16.6 Å². The van der Waals surface area contributed by atoms with Gasteiger partial charge in [0, 0.05) is 26.5 Å². The van der Waals surface area contributed by atoms with E-state index in [2.05, 4.69) is 4.98 Å². The molecule has 2 N–H and O–H groups in total. The number of carbonyl (C=O) groups is 1. The summed E-state index contributed by atoms with van der Waals surface area (Å²) in [6, 6.07) is 7.76. The molecule has 2 aromatic rings. The van der Waals surface area contributed by atoms with E-state index in [4.69, 9.17) is 5.73 Å². The summed E-state index contributed by atoms with van der Waals surface area (Å²) in [7, 11) is 5.34. The highest BCUT2D eigenvalue weighted by molar-refractivity contribution is 5.98. The standard InChI is InChI=1S/C14H18N4O/c1-17(2)13(19)9-18(3)14-10-6-4-5-7-12(10)16-8-11(14)15/h4-8H,9,15H2,1-3H3. The Bertz CT molecular complexity index is 609. The third-order valence-electron chi connectivity index (χ3n) is 3.03. The van der Waals surface area contributed by atoms with Gasteiger partial charge < -0.3 is 15.5 Å². The number of nitrogens with two attached hydrogens (primary N) is 1. The van der Waals surface area contributed by atoms with Crippen LogP contribution in [0, 0.1) is 0 Å². The molecule has 2 rings (SSSR count). The number of nitrogen functional groups attached to an aromatic ring is 1. The number of rotatable bonds is 3. The number of pyridine rings is 1. The number of aromatic nitrogens is 1. The van der Waals surface area contributed by atoms with Crippen molar-refractivity contribution in [2.24, 2.45) is 0 Å². The maximum Gasteiger partial charge on any atom is 0.241 e. The second kappa shape index (κ2) is 5.14. The van der Waals surface area contributed by atoms with Gasteiger partial charge in [-0.2, -0.15) is 0 Å². The molecule has 0 unspecified atom stereocenters. The van der Waals surface area contributed by atoms with Crippen molar-refractivity contribution in [3.63, 3.8) is 0 Å². The summed E-state index contributed by atoms with van der Waals surface area (Å²) in [6.07, 6.45) is 1.63. The molecule has 1 amide bonds. The molecule has 0 atom stereocenters. The highest BCUT2D eigenvalue weighted by atomic mass is 16.2. The fraction of sp³-hybridized carbons (Fsp3) is 0.286. The van der Waals surface area contributed by atoms with E-state index < -0.39 is 0 Å². The predicted molar refractivity (Wildman–Crippen MR) is 78.1 cm³/mol. The van der Waals surface area contributed by atoms with Gasteiger partial charge in [-0.05, 0) is 6.07 Å². The van der Waals surface area contributed by atoms with Crippen molar-refractivity contribution in [3.8, 4) is 0 Å². The molecule has 5 nitrogen and oxygen atoms in total. The van der Waals surface area contributed by atoms with Crippen molar-refractivity contribution in [2.75, 3.05) is 38.3 Å². The molecule has 0 saturated heterocycles. The van der Waals surface area contributed by atoms with Crippen LogP contribution in [0.5, 0.6) is 0 Å². The molecule has 0 aliphatic carbocycles. The lowest BCUT2D eigenvalue weighted by Crippen LogP contribution is -2.34. The van der Waals surface area contributed by atoms with Gasteiger partial charge in [0.05, 0.1) is 29.6 Å². The highest BCUT2D eigenvalue weighted by Crippen LogP contribution is 2.30. The minimum absolute atomic E-state index is 0.0304. The number of fused-ring (bicyclic) bond motifs is 1. The third kappa shape index (κ3) is 2.59. The van der Waals surface area contributed by atoms with E-state index in [0.29, 0.717) is 5.69 Å². The lowest BCUT2D eigenvalue weighted by molar-refractivity contribution is -0.127. The molecule has 5 heteroatoms. The van der Waals surface area contributed by atoms with Crippen LogP contribution in [0.3, 0.4) is 0 Å². The first-order chi connectivity index (χ1) is 9.00. The summed E-state index contributed by atoms with van der Waals surface area (Å²) in [4.78, 5) is 19.5. The molecule has 100 valence electrons. The van der Waals surface area contributed by atoms with Crippen LogP contribution in [-0.4, -0.2) is 43.5 Å². The average Bonchev–Trinajstić information content (AvgIpc) is 2.38. The van der Waals surface area contributed by atoms with Crippen molar-refractivity contribution in [2.45, 2.75) is 0 Å². The number of hydrogen-bond donors (Lipinski definition) is 1. The molecule has 0 spiro atoms. The Balaban J connectivity index is 2.43. The van der Waals surface area contributed by atoms with Gasteiger partial charge in [0.15, 0.2) is 0 Å². The lowest BCUT2D eigenvalue weighted by Gasteiger charge is -2.23. The normalized spacial score (nSPS) is 10.5. The summed E-state index contributed by atoms with van der Waals surface area (Å²) < 4.78 is 0. The van der Waals surface area contributed by atoms with Gasteiger partial charge in [-0.25, -0.2) is 0 Å². The number of para-hydroxylation sites is 1. The molecule has 0 aliphatic rings. The number of nitrogens with zero attached hydrogens (tertiary/aromatic N) is 3. The zero-order valence-electron chi connectivity index (χ0n) is 11.4. The first-order valence-electron chi connectivity index (χ1n) is 6.05. The molecule has 0 saturated carbocycles. The average molecular weight is 258 g/mol. The molecule has 1 aromatic carbocycles. The van der Waals surface area contributed by atoms with Gasteiger partial charge in [-0.15, -0.1) is 0 Å². The monoisotopic (exact) mass is 258 g/mol. The first-order valence-corrected chi connectivity index (χ1v) is 6.05. The number of hydrogen-bond acceptors (Lipinski definition) is 4. The van der Waals surface area contributed by atoms with Crippen LogP contribution >= 0.6 is 0 Å². The molecule has 1 aromatic heterocycles. The topological polar surface area (TPSA) is 62.5 Å². The number of anilines is 2. The van der Waals surface area contributed by atoms with Crippen LogP contribution in [0.2, 0.25) is 0 Å². The fourth-order valence-electron chi connectivity index (χ4n) is 1.99. The summed E-state index contributed by atoms with van der Waals surface area (Å²) in [5.41, 5.74) is 8.31. The Morgan fingerprint density at radius 3 is 2.63 bits per heavy atom. The van der Waals surface area contributed by atoms with E-state index in [9.17, 15) is 4.79 Å². The summed E-state index contributed by atoms with van der Waals surface area (Å²) >= 11 is 0. The van der Waals surface area contributed by atoms with Gasteiger partial charge >= 0.3 is 0 Å². The highest BCUT2D eigenvalue weighted by Gasteiger charge is 2.14. The van der Waals surface area contributed by atoms with Gasteiger partial charge in [-0.1, -0.05) is 18.2 Å². The van der Waals surface area contributed by atoms with E-state index in [-0.39, 0.29) is 12.5 Å². The summed E-state index contributed by atoms with van der Waals surface area (Å²) in [6.45, 7) is 0.283. The van der Waals surface area contributed by atoms with E-state index >= 15 is 0 Å². The predicted octanol–water partition coefficient (Wildman–Crippen LogP) is 1.34. The molecule has 0 aliphatic heterocycles. The van der Waals surface area contributed by atoms with Crippen LogP contribution in [0.4, 0.5) is 11.4 Å². The minimum atomic E-state index is 0.0304. The molecular formula is C14H18N4O. The minimum Gasteiger partial charge on any atom is -0.396 e. The van der Waals surface area contributed by atoms with Crippen LogP contribution in [0.25, 0.3) is 10.9 Å². The number of likely N-dealkylation sites (N-methyl/N-ethyl adjacent to an activating group) is 2. The SMILES string of the molecule is CN(C)C(=O)CN(C)c1c(N)cnc2ccccc12. The zero-order chi connectivity index (χ0) is 14.0. The Kier molecular flexibility index (Phi) is 3.55. The Labute approximate surface area is 112 Å². The molecule has 0 radical (unpaired) electrons. The van der Waals surface area contributed by atoms with Crippen LogP contribution in [0.15, 0.2) is 30.5 Å². The number of amides is 1. The smallest absolute Gasteiger partial charge is 0.241 e. The summed E-state index contributed by atoms with van der Waals surface area (Å²) in [5, 5.41) is 0.955. The quantitative estimate of drug-likeness (QED) is 0.902. The van der Waals surface area contributed by atoms with Gasteiger partial charge in [0.2, 0.25) is 5.91 Å². The molecular weight excluding hydrogens is 240 g/mol. The molecule has 0 bridgehead atoms. The van der Waals surface area contributed by atoms with E-state index in [1.165, 1.54) is 0 Å². The van der Waals surface area contributed by atoms with Crippen LogP contribution < -0.4 is 10.6 Å². The molecule has 0 fully saturated rings. The molecule has 19 heavy (non-hydrogen) atoms. The largest absolute Gasteiger partial charge is 0.396 e. The lowest BCUT2D eigenvalue weighted by atomic mass is 10.1. The van der Waals surface area contributed by atoms with Crippen molar-refractivity contribution < 1.29 is 4.79 Å². The maximum atomic E-state index is 11.8. The summed E-state index contributed by atoms with van der Waals surface area (Å²) in [5.74, 6) is 0.0304. The van der Waals surface area contributed by atoms with Gasteiger partial charge in [-0.3, -0.25) is 9.78 Å². The fourth-order valence-corrected chi connectivity index (χ4v) is 1.99. The van der Waals surface area contributed by atoms with Crippen molar-refractivity contribution in [1.82, 2.24) is 9.88 Å². The van der Waals surface area contributed by atoms with Gasteiger partial charge in [0.25, 0.3) is 0 Å². The Morgan fingerprint density at radius 2 is 1.95 bits per heavy atom. The maximum absolute atomic E-state index is 11.8. The second-order valence-electron chi connectivity index (χ2n) is 4.72. The van der Waals surface area contributed by atoms with Crippen molar-refractivity contribution in [3.05, 3.63) is 30.5 Å². The third-order valence-corrected chi connectivity index (χ3v) is 3.03. The molecule has 1 heterocycles. The first kappa shape index (κ1) is 13.1. The van der Waals surface area contributed by atoms with E-state index in [1.54, 1.807) is 25.2 Å². The van der Waals surface area contributed by atoms with Crippen molar-refractivity contribution >= 4 is 28.2 Å². The Hall–Kier alpha value is -2.30. The number of benzene rings is 1. The van der Waals surface area contributed by atoms with Crippen molar-refractivity contribution in [1.29, 1.82) is 0 Å². The zero-order valence-corrected chi connectivity index (χ0v) is 11.4. The van der Waals surface area contributed by atoms with Gasteiger partial charge in [0.1, 0.15) is 0 Å². The van der Waals surface area contributed by atoms with E-state index in [1.807, 2.05) is 36.2 Å². The second-order valence-corrected chi connectivity index (χ2v) is 4.72. The number of carbonyl (C=O) groups excluding carboxylic acids is 1. The van der Waals surface area contributed by atoms with Crippen LogP contribution in [0.1, 0.15) is 0 Å². The Morgan fingerprint density at radius 1 is 1.26 bits per heavy atom.